The van der Waals surface area contributed by atoms with Crippen molar-refractivity contribution in [3.63, 3.8) is 0 Å². The smallest absolute Gasteiger partial charge is 0.258 e. The number of thiophene rings is 1. The van der Waals surface area contributed by atoms with Crippen LogP contribution in [-0.4, -0.2) is 23.3 Å². The van der Waals surface area contributed by atoms with Gasteiger partial charge in [0.1, 0.15) is 5.82 Å². The summed E-state index contributed by atoms with van der Waals surface area (Å²) in [4.78, 5) is 27.6. The summed E-state index contributed by atoms with van der Waals surface area (Å²) in [5.41, 5.74) is 2.73. The van der Waals surface area contributed by atoms with Gasteiger partial charge in [0.2, 0.25) is 5.91 Å². The van der Waals surface area contributed by atoms with Crippen LogP contribution in [0, 0.1) is 5.82 Å². The highest BCUT2D eigenvalue weighted by Crippen LogP contribution is 2.38. The van der Waals surface area contributed by atoms with E-state index in [-0.39, 0.29) is 17.5 Å². The van der Waals surface area contributed by atoms with Crippen molar-refractivity contribution in [2.75, 3.05) is 11.9 Å². The van der Waals surface area contributed by atoms with E-state index in [9.17, 15) is 14.0 Å². The molecule has 0 saturated heterocycles. The molecule has 28 heavy (non-hydrogen) atoms. The van der Waals surface area contributed by atoms with E-state index >= 15 is 0 Å². The maximum atomic E-state index is 13.8. The molecule has 1 N–H and O–H groups in total. The Bertz CT molecular complexity index is 1030. The van der Waals surface area contributed by atoms with Crippen LogP contribution in [0.1, 0.15) is 39.3 Å². The molecule has 0 aliphatic carbocycles. The number of carbonyl (C=O) groups excluding carboxylic acids is 2. The van der Waals surface area contributed by atoms with Gasteiger partial charge in [0.15, 0.2) is 0 Å². The molecule has 3 aromatic rings. The summed E-state index contributed by atoms with van der Waals surface area (Å²) in [6.07, 6.45) is 0.875. The van der Waals surface area contributed by atoms with E-state index in [1.165, 1.54) is 17.0 Å². The van der Waals surface area contributed by atoms with Gasteiger partial charge in [0.25, 0.3) is 5.91 Å². The normalized spacial score (nSPS) is 15.8. The number of hydrogen-bond acceptors (Lipinski definition) is 3. The number of halogens is 1. The highest BCUT2D eigenvalue weighted by molar-refractivity contribution is 7.10. The van der Waals surface area contributed by atoms with E-state index in [1.54, 1.807) is 42.5 Å². The van der Waals surface area contributed by atoms with Crippen LogP contribution in [0.15, 0.2) is 60.0 Å². The van der Waals surface area contributed by atoms with E-state index in [4.69, 9.17) is 0 Å². The zero-order valence-electron chi connectivity index (χ0n) is 15.3. The Morgan fingerprint density at radius 1 is 1.11 bits per heavy atom. The molecule has 2 heterocycles. The van der Waals surface area contributed by atoms with Gasteiger partial charge in [-0.25, -0.2) is 4.39 Å². The average molecular weight is 394 g/mol. The molecule has 0 spiro atoms. The monoisotopic (exact) mass is 394 g/mol. The predicted molar refractivity (Wildman–Crippen MR) is 108 cm³/mol. The molecule has 6 heteroatoms. The molecule has 2 amide bonds. The third-order valence-corrected chi connectivity index (χ3v) is 5.97. The highest BCUT2D eigenvalue weighted by atomic mass is 32.1. The Hall–Kier alpha value is -2.99. The van der Waals surface area contributed by atoms with Crippen LogP contribution >= 0.6 is 11.3 Å². The second-order valence-corrected chi connectivity index (χ2v) is 7.72. The zero-order chi connectivity index (χ0) is 19.7. The van der Waals surface area contributed by atoms with Crippen molar-refractivity contribution in [1.82, 2.24) is 4.90 Å². The van der Waals surface area contributed by atoms with E-state index in [2.05, 4.69) is 16.8 Å². The SMILES string of the molecule is CC(=O)N1CCc2sccc2[C@H]1c1ccc(NC(=O)c2ccccc2F)cc1. The lowest BCUT2D eigenvalue weighted by atomic mass is 9.93. The van der Waals surface area contributed by atoms with Crippen LogP contribution < -0.4 is 5.32 Å². The maximum absolute atomic E-state index is 13.8. The van der Waals surface area contributed by atoms with Gasteiger partial charge in [0, 0.05) is 24.0 Å². The molecule has 1 aromatic heterocycles. The number of nitrogens with one attached hydrogen (secondary N) is 1. The Labute approximate surface area is 166 Å². The number of amides is 2. The molecule has 1 atom stereocenters. The standard InChI is InChI=1S/C22H19FN2O2S/c1-14(26)25-12-10-20-18(11-13-28-20)21(25)15-6-8-16(9-7-15)24-22(27)17-4-2-3-5-19(17)23/h2-9,11,13,21H,10,12H2,1H3,(H,24,27)/t21-/m1/s1. The largest absolute Gasteiger partial charge is 0.331 e. The van der Waals surface area contributed by atoms with Crippen LogP contribution in [0.25, 0.3) is 0 Å². The van der Waals surface area contributed by atoms with Crippen molar-refractivity contribution in [1.29, 1.82) is 0 Å². The number of anilines is 1. The first-order valence-corrected chi connectivity index (χ1v) is 9.92. The highest BCUT2D eigenvalue weighted by Gasteiger charge is 2.31. The summed E-state index contributed by atoms with van der Waals surface area (Å²) in [7, 11) is 0. The summed E-state index contributed by atoms with van der Waals surface area (Å²) >= 11 is 1.72. The number of hydrogen-bond donors (Lipinski definition) is 1. The molecule has 2 aromatic carbocycles. The Morgan fingerprint density at radius 2 is 1.86 bits per heavy atom. The van der Waals surface area contributed by atoms with Crippen LogP contribution in [0.4, 0.5) is 10.1 Å². The van der Waals surface area contributed by atoms with Crippen molar-refractivity contribution < 1.29 is 14.0 Å². The summed E-state index contributed by atoms with van der Waals surface area (Å²) < 4.78 is 13.8. The molecule has 1 aliphatic heterocycles. The fraction of sp³-hybridized carbons (Fsp3) is 0.182. The van der Waals surface area contributed by atoms with E-state index in [1.807, 2.05) is 17.0 Å². The molecule has 4 rings (SSSR count). The number of rotatable bonds is 3. The molecular weight excluding hydrogens is 375 g/mol. The van der Waals surface area contributed by atoms with E-state index < -0.39 is 11.7 Å². The molecule has 4 nitrogen and oxygen atoms in total. The van der Waals surface area contributed by atoms with Crippen LogP contribution in [0.3, 0.4) is 0 Å². The number of benzene rings is 2. The van der Waals surface area contributed by atoms with Crippen LogP contribution in [0.5, 0.6) is 0 Å². The summed E-state index contributed by atoms with van der Waals surface area (Å²) in [6, 6.07) is 15.2. The Balaban J connectivity index is 1.58. The van der Waals surface area contributed by atoms with Gasteiger partial charge in [-0.3, -0.25) is 9.59 Å². The minimum Gasteiger partial charge on any atom is -0.331 e. The zero-order valence-corrected chi connectivity index (χ0v) is 16.1. The first-order valence-electron chi connectivity index (χ1n) is 9.04. The summed E-state index contributed by atoms with van der Waals surface area (Å²) in [5, 5.41) is 4.78. The van der Waals surface area contributed by atoms with Gasteiger partial charge in [-0.1, -0.05) is 24.3 Å². The lowest BCUT2D eigenvalue weighted by Crippen LogP contribution is -2.38. The van der Waals surface area contributed by atoms with Crippen LogP contribution in [0.2, 0.25) is 0 Å². The summed E-state index contributed by atoms with van der Waals surface area (Å²) in [5.74, 6) is -1.01. The Kier molecular flexibility index (Phi) is 4.96. The number of fused-ring (bicyclic) bond motifs is 1. The fourth-order valence-corrected chi connectivity index (χ4v) is 4.51. The number of carbonyl (C=O) groups is 2. The number of nitrogens with zero attached hydrogens (tertiary/aromatic N) is 1. The third kappa shape index (κ3) is 3.43. The van der Waals surface area contributed by atoms with Gasteiger partial charge in [-0.05, 0) is 53.3 Å². The molecule has 0 unspecified atom stereocenters. The lowest BCUT2D eigenvalue weighted by molar-refractivity contribution is -0.130. The minimum atomic E-state index is -0.555. The van der Waals surface area contributed by atoms with E-state index in [0.717, 1.165) is 17.5 Å². The topological polar surface area (TPSA) is 49.4 Å². The molecule has 1 aliphatic rings. The van der Waals surface area contributed by atoms with Crippen molar-refractivity contribution >= 4 is 28.8 Å². The predicted octanol–water partition coefficient (Wildman–Crippen LogP) is 4.63. The molecule has 0 saturated carbocycles. The van der Waals surface area contributed by atoms with E-state index in [0.29, 0.717) is 12.2 Å². The Morgan fingerprint density at radius 3 is 2.57 bits per heavy atom. The molecule has 142 valence electrons. The first kappa shape index (κ1) is 18.4. The quantitative estimate of drug-likeness (QED) is 0.704. The van der Waals surface area contributed by atoms with Crippen molar-refractivity contribution in [3.8, 4) is 0 Å². The maximum Gasteiger partial charge on any atom is 0.258 e. The van der Waals surface area contributed by atoms with Crippen molar-refractivity contribution in [3.05, 3.63) is 87.4 Å². The first-order chi connectivity index (χ1) is 13.5. The van der Waals surface area contributed by atoms with Crippen molar-refractivity contribution in [2.24, 2.45) is 0 Å². The van der Waals surface area contributed by atoms with Crippen molar-refractivity contribution in [2.45, 2.75) is 19.4 Å². The second kappa shape index (κ2) is 7.56. The lowest BCUT2D eigenvalue weighted by Gasteiger charge is -2.35. The third-order valence-electron chi connectivity index (χ3n) is 4.97. The van der Waals surface area contributed by atoms with Gasteiger partial charge in [-0.2, -0.15) is 0 Å². The average Bonchev–Trinajstić information content (AvgIpc) is 3.17. The second-order valence-electron chi connectivity index (χ2n) is 6.72. The molecule has 0 radical (unpaired) electrons. The van der Waals surface area contributed by atoms with Gasteiger partial charge in [0.05, 0.1) is 11.6 Å². The summed E-state index contributed by atoms with van der Waals surface area (Å²) in [6.45, 7) is 2.28. The molecular formula is C22H19FN2O2S. The minimum absolute atomic E-state index is 0.00419. The van der Waals surface area contributed by atoms with Gasteiger partial charge in [-0.15, -0.1) is 11.3 Å². The van der Waals surface area contributed by atoms with Crippen LogP contribution in [-0.2, 0) is 11.2 Å². The van der Waals surface area contributed by atoms with Gasteiger partial charge >= 0.3 is 0 Å². The van der Waals surface area contributed by atoms with Gasteiger partial charge < -0.3 is 10.2 Å². The molecule has 0 bridgehead atoms. The fourth-order valence-electron chi connectivity index (χ4n) is 3.61. The molecule has 0 fully saturated rings.